The average molecular weight is 293 g/mol. The molecule has 98 valence electrons. The van der Waals surface area contributed by atoms with Gasteiger partial charge >= 0.3 is 5.97 Å². The van der Waals surface area contributed by atoms with Crippen LogP contribution in [0.4, 0.5) is 0 Å². The number of aliphatic hydroxyl groups is 1. The van der Waals surface area contributed by atoms with E-state index in [4.69, 9.17) is 28.3 Å². The summed E-state index contributed by atoms with van der Waals surface area (Å²) in [5.41, 5.74) is 0.102. The number of nitrogens with zero attached hydrogens (tertiary/aromatic N) is 1. The van der Waals surface area contributed by atoms with Gasteiger partial charge in [0.2, 0.25) is 0 Å². The molecule has 0 aromatic carbocycles. The van der Waals surface area contributed by atoms with Crippen molar-refractivity contribution in [3.8, 4) is 0 Å². The van der Waals surface area contributed by atoms with Crippen LogP contribution in [0.5, 0.6) is 0 Å². The Morgan fingerprint density at radius 1 is 1.44 bits per heavy atom. The Hall–Kier alpha value is -1.24. The third-order valence-corrected chi connectivity index (χ3v) is 3.47. The first-order valence-electron chi connectivity index (χ1n) is 5.16. The van der Waals surface area contributed by atoms with Gasteiger partial charge in [-0.2, -0.15) is 0 Å². The van der Waals surface area contributed by atoms with Crippen LogP contribution in [0.15, 0.2) is 6.07 Å². The molecule has 1 fully saturated rings. The fraction of sp³-hybridized carbons (Fsp3) is 0.400. The van der Waals surface area contributed by atoms with Gasteiger partial charge in [-0.1, -0.05) is 23.2 Å². The highest BCUT2D eigenvalue weighted by atomic mass is 35.5. The van der Waals surface area contributed by atoms with Crippen molar-refractivity contribution in [2.75, 3.05) is 6.54 Å². The molecule has 1 aromatic heterocycles. The highest BCUT2D eigenvalue weighted by molar-refractivity contribution is 6.41. The topological polar surface area (TPSA) is 93.6 Å². The van der Waals surface area contributed by atoms with Crippen LogP contribution in [-0.4, -0.2) is 50.7 Å². The number of nitrogens with one attached hydrogen (secondary N) is 1. The third-order valence-electron chi connectivity index (χ3n) is 2.78. The predicted molar refractivity (Wildman–Crippen MR) is 63.9 cm³/mol. The second kappa shape index (κ2) is 4.79. The molecular weight excluding hydrogens is 283 g/mol. The second-order valence-electron chi connectivity index (χ2n) is 4.05. The van der Waals surface area contributed by atoms with Crippen molar-refractivity contribution >= 4 is 35.1 Å². The van der Waals surface area contributed by atoms with Gasteiger partial charge in [0.1, 0.15) is 16.9 Å². The van der Waals surface area contributed by atoms with Crippen molar-refractivity contribution in [1.82, 2.24) is 9.88 Å². The Morgan fingerprint density at radius 2 is 2.11 bits per heavy atom. The lowest BCUT2D eigenvalue weighted by Gasteiger charge is -2.20. The van der Waals surface area contributed by atoms with E-state index in [9.17, 15) is 14.7 Å². The lowest BCUT2D eigenvalue weighted by Crippen LogP contribution is -2.40. The van der Waals surface area contributed by atoms with Gasteiger partial charge in [-0.05, 0) is 6.07 Å². The summed E-state index contributed by atoms with van der Waals surface area (Å²) in [4.78, 5) is 26.7. The largest absolute Gasteiger partial charge is 0.480 e. The number of aromatic amines is 1. The zero-order valence-corrected chi connectivity index (χ0v) is 10.6. The number of carbonyl (C=O) groups excluding carboxylic acids is 1. The van der Waals surface area contributed by atoms with E-state index >= 15 is 0 Å². The molecule has 0 spiro atoms. The number of halogens is 2. The normalized spacial score (nSPS) is 23.4. The Kier molecular flexibility index (Phi) is 3.52. The van der Waals surface area contributed by atoms with Crippen LogP contribution in [0.3, 0.4) is 0 Å². The molecule has 3 N–H and O–H groups in total. The van der Waals surface area contributed by atoms with Crippen LogP contribution in [0.2, 0.25) is 10.2 Å². The summed E-state index contributed by atoms with van der Waals surface area (Å²) in [6.45, 7) is -0.0238. The van der Waals surface area contributed by atoms with Gasteiger partial charge in [-0.3, -0.25) is 4.79 Å². The summed E-state index contributed by atoms with van der Waals surface area (Å²) in [5, 5.41) is 18.7. The summed E-state index contributed by atoms with van der Waals surface area (Å²) < 4.78 is 0. The van der Waals surface area contributed by atoms with Gasteiger partial charge < -0.3 is 20.1 Å². The number of aliphatic hydroxyl groups excluding tert-OH is 1. The van der Waals surface area contributed by atoms with Gasteiger partial charge in [0.25, 0.3) is 5.91 Å². The van der Waals surface area contributed by atoms with Crippen molar-refractivity contribution in [2.45, 2.75) is 18.6 Å². The van der Waals surface area contributed by atoms with E-state index in [2.05, 4.69) is 4.98 Å². The molecule has 0 radical (unpaired) electrons. The maximum Gasteiger partial charge on any atom is 0.326 e. The molecule has 2 heterocycles. The quantitative estimate of drug-likeness (QED) is 0.757. The summed E-state index contributed by atoms with van der Waals surface area (Å²) in [5.74, 6) is -1.70. The van der Waals surface area contributed by atoms with E-state index in [-0.39, 0.29) is 28.8 Å². The van der Waals surface area contributed by atoms with Gasteiger partial charge in [0.05, 0.1) is 11.1 Å². The SMILES string of the molecule is O=C(O)C1CC(O)CN1C(=O)c1cc(Cl)c(Cl)[nH]1. The first kappa shape index (κ1) is 13.2. The molecule has 1 saturated heterocycles. The number of H-pyrrole nitrogens is 1. The molecule has 2 unspecified atom stereocenters. The molecule has 0 aliphatic carbocycles. The molecule has 1 aromatic rings. The van der Waals surface area contributed by atoms with Crippen molar-refractivity contribution < 1.29 is 19.8 Å². The minimum Gasteiger partial charge on any atom is -0.480 e. The fourth-order valence-electron chi connectivity index (χ4n) is 1.95. The molecule has 2 atom stereocenters. The molecule has 2 rings (SSSR count). The van der Waals surface area contributed by atoms with Crippen molar-refractivity contribution in [3.05, 3.63) is 21.9 Å². The van der Waals surface area contributed by atoms with Gasteiger partial charge in [-0.25, -0.2) is 4.79 Å². The number of carbonyl (C=O) groups is 2. The smallest absolute Gasteiger partial charge is 0.326 e. The minimum atomic E-state index is -1.15. The number of carboxylic acid groups (broad SMARTS) is 1. The highest BCUT2D eigenvalue weighted by Gasteiger charge is 2.39. The molecule has 1 amide bonds. The molecule has 0 saturated carbocycles. The number of aliphatic carboxylic acids is 1. The molecular formula is C10H10Cl2N2O4. The van der Waals surface area contributed by atoms with E-state index in [0.717, 1.165) is 4.90 Å². The molecule has 6 nitrogen and oxygen atoms in total. The summed E-state index contributed by atoms with van der Waals surface area (Å²) in [6, 6.07) is 0.295. The third kappa shape index (κ3) is 2.31. The number of amides is 1. The van der Waals surface area contributed by atoms with E-state index in [1.165, 1.54) is 6.07 Å². The Balaban J connectivity index is 2.25. The second-order valence-corrected chi connectivity index (χ2v) is 4.83. The number of hydrogen-bond donors (Lipinski definition) is 3. The van der Waals surface area contributed by atoms with Crippen molar-refractivity contribution in [2.24, 2.45) is 0 Å². The Morgan fingerprint density at radius 3 is 2.61 bits per heavy atom. The molecule has 8 heteroatoms. The maximum atomic E-state index is 12.1. The zero-order valence-electron chi connectivity index (χ0n) is 9.06. The van der Waals surface area contributed by atoms with Gasteiger partial charge in [-0.15, -0.1) is 0 Å². The minimum absolute atomic E-state index is 0.0171. The molecule has 1 aliphatic rings. The number of hydrogen-bond acceptors (Lipinski definition) is 3. The number of rotatable bonds is 2. The van der Waals surface area contributed by atoms with Crippen LogP contribution in [-0.2, 0) is 4.79 Å². The zero-order chi connectivity index (χ0) is 13.4. The first-order chi connectivity index (χ1) is 8.40. The van der Waals surface area contributed by atoms with E-state index in [1.807, 2.05) is 0 Å². The number of β-amino-alcohol motifs (C(OH)–C–C–N with tert-alkyl or cyclic N) is 1. The van der Waals surface area contributed by atoms with Crippen LogP contribution >= 0.6 is 23.2 Å². The first-order valence-corrected chi connectivity index (χ1v) is 5.91. The monoisotopic (exact) mass is 292 g/mol. The van der Waals surface area contributed by atoms with Crippen molar-refractivity contribution in [1.29, 1.82) is 0 Å². The van der Waals surface area contributed by atoms with Crippen molar-refractivity contribution in [3.63, 3.8) is 0 Å². The molecule has 18 heavy (non-hydrogen) atoms. The summed E-state index contributed by atoms with van der Waals surface area (Å²) in [6.07, 6.45) is -0.820. The standard InChI is InChI=1S/C10H10Cl2N2O4/c11-5-2-6(13-8(5)12)9(16)14-3-4(15)1-7(14)10(17)18/h2,4,7,13,15H,1,3H2,(H,17,18). The van der Waals surface area contributed by atoms with Crippen LogP contribution in [0.1, 0.15) is 16.9 Å². The number of aromatic nitrogens is 1. The van der Waals surface area contributed by atoms with E-state index < -0.39 is 24.0 Å². The van der Waals surface area contributed by atoms with Gasteiger partial charge in [0, 0.05) is 13.0 Å². The lowest BCUT2D eigenvalue weighted by molar-refractivity contribution is -0.141. The van der Waals surface area contributed by atoms with E-state index in [1.54, 1.807) is 0 Å². The van der Waals surface area contributed by atoms with Crippen LogP contribution in [0.25, 0.3) is 0 Å². The number of carboxylic acids is 1. The highest BCUT2D eigenvalue weighted by Crippen LogP contribution is 2.25. The predicted octanol–water partition coefficient (Wildman–Crippen LogP) is 0.981. The summed E-state index contributed by atoms with van der Waals surface area (Å²) >= 11 is 11.4. The van der Waals surface area contributed by atoms with Crippen LogP contribution in [0, 0.1) is 0 Å². The average Bonchev–Trinajstić information content (AvgIpc) is 2.82. The number of likely N-dealkylation sites (tertiary alicyclic amines) is 1. The van der Waals surface area contributed by atoms with Crippen LogP contribution < -0.4 is 0 Å². The summed E-state index contributed by atoms with van der Waals surface area (Å²) in [7, 11) is 0. The Bertz CT molecular complexity index is 483. The van der Waals surface area contributed by atoms with E-state index in [0.29, 0.717) is 0 Å². The maximum absolute atomic E-state index is 12.1. The van der Waals surface area contributed by atoms with Gasteiger partial charge in [0.15, 0.2) is 0 Å². The Labute approximate surface area is 112 Å². The molecule has 0 bridgehead atoms. The lowest BCUT2D eigenvalue weighted by atomic mass is 10.2. The molecule has 1 aliphatic heterocycles. The fourth-order valence-corrected chi connectivity index (χ4v) is 2.26.